The van der Waals surface area contributed by atoms with E-state index in [2.05, 4.69) is 20.7 Å². The van der Waals surface area contributed by atoms with Gasteiger partial charge in [0.25, 0.3) is 10.0 Å². The molecule has 0 bridgehead atoms. The van der Waals surface area contributed by atoms with Crippen LogP contribution in [0.25, 0.3) is 0 Å². The summed E-state index contributed by atoms with van der Waals surface area (Å²) in [6.07, 6.45) is 0.966. The first-order valence-electron chi connectivity index (χ1n) is 4.70. The van der Waals surface area contributed by atoms with Crippen LogP contribution >= 0.6 is 27.3 Å². The summed E-state index contributed by atoms with van der Waals surface area (Å²) in [6, 6.07) is 1.74. The quantitative estimate of drug-likeness (QED) is 0.909. The second kappa shape index (κ2) is 5.43. The van der Waals surface area contributed by atoms with Gasteiger partial charge in [-0.2, -0.15) is 0 Å². The summed E-state index contributed by atoms with van der Waals surface area (Å²) in [5.41, 5.74) is 0. The van der Waals surface area contributed by atoms with Gasteiger partial charge in [0, 0.05) is 11.0 Å². The fraction of sp³-hybridized carbons (Fsp3) is 0.556. The molecule has 1 unspecified atom stereocenters. The number of nitrogens with one attached hydrogen (secondary N) is 1. The van der Waals surface area contributed by atoms with Gasteiger partial charge in [0.15, 0.2) is 0 Å². The van der Waals surface area contributed by atoms with Gasteiger partial charge in [-0.15, -0.1) is 11.3 Å². The third kappa shape index (κ3) is 3.55. The lowest BCUT2D eigenvalue weighted by Crippen LogP contribution is -2.27. The van der Waals surface area contributed by atoms with Gasteiger partial charge < -0.3 is 0 Å². The minimum atomic E-state index is -3.33. The van der Waals surface area contributed by atoms with Crippen LogP contribution in [0.3, 0.4) is 0 Å². The zero-order valence-corrected chi connectivity index (χ0v) is 11.9. The Hall–Kier alpha value is 0.0900. The third-order valence-corrected chi connectivity index (χ3v) is 6.24. The number of halogens is 1. The van der Waals surface area contributed by atoms with Gasteiger partial charge in [-0.3, -0.25) is 0 Å². The monoisotopic (exact) mass is 311 g/mol. The Bertz CT molecular complexity index is 414. The van der Waals surface area contributed by atoms with Crippen LogP contribution in [0.2, 0.25) is 0 Å². The first-order valence-corrected chi connectivity index (χ1v) is 7.85. The molecule has 3 nitrogen and oxygen atoms in total. The van der Waals surface area contributed by atoms with E-state index in [0.717, 1.165) is 6.42 Å². The molecule has 1 aromatic heterocycles. The number of sulfonamides is 1. The molecule has 1 heterocycles. The SMILES string of the molecule is CCC(C)CNS(=O)(=O)c1sccc1Br. The number of hydrogen-bond acceptors (Lipinski definition) is 3. The van der Waals surface area contributed by atoms with Crippen molar-refractivity contribution in [1.29, 1.82) is 0 Å². The molecule has 0 aliphatic heterocycles. The summed E-state index contributed by atoms with van der Waals surface area (Å²) in [7, 11) is -3.33. The van der Waals surface area contributed by atoms with E-state index >= 15 is 0 Å². The zero-order valence-electron chi connectivity index (χ0n) is 8.66. The summed E-state index contributed by atoms with van der Waals surface area (Å²) in [4.78, 5) is 0. The molecule has 86 valence electrons. The smallest absolute Gasteiger partial charge is 0.210 e. The molecule has 0 amide bonds. The highest BCUT2D eigenvalue weighted by atomic mass is 79.9. The van der Waals surface area contributed by atoms with Crippen molar-refractivity contribution in [3.05, 3.63) is 15.9 Å². The number of rotatable bonds is 5. The predicted octanol–water partition coefficient (Wildman–Crippen LogP) is 2.84. The van der Waals surface area contributed by atoms with Gasteiger partial charge in [0.05, 0.1) is 0 Å². The summed E-state index contributed by atoms with van der Waals surface area (Å²) in [5, 5.41) is 1.75. The maximum Gasteiger partial charge on any atom is 0.251 e. The van der Waals surface area contributed by atoms with Crippen molar-refractivity contribution in [3.8, 4) is 0 Å². The first kappa shape index (κ1) is 13.2. The molecule has 0 saturated carbocycles. The molecule has 0 spiro atoms. The second-order valence-electron chi connectivity index (χ2n) is 3.42. The summed E-state index contributed by atoms with van der Waals surface area (Å²) < 4.78 is 27.2. The van der Waals surface area contributed by atoms with Crippen LogP contribution in [0.5, 0.6) is 0 Å². The Labute approximate surface area is 103 Å². The molecule has 0 aromatic carbocycles. The zero-order chi connectivity index (χ0) is 11.5. The van der Waals surface area contributed by atoms with Gasteiger partial charge in [0.2, 0.25) is 0 Å². The summed E-state index contributed by atoms with van der Waals surface area (Å²) >= 11 is 4.44. The topological polar surface area (TPSA) is 46.2 Å². The highest BCUT2D eigenvalue weighted by Crippen LogP contribution is 2.27. The van der Waals surface area contributed by atoms with Crippen LogP contribution in [-0.2, 0) is 10.0 Å². The predicted molar refractivity (Wildman–Crippen MR) is 66.7 cm³/mol. The Balaban J connectivity index is 2.73. The van der Waals surface area contributed by atoms with Crippen molar-refractivity contribution in [2.75, 3.05) is 6.54 Å². The van der Waals surface area contributed by atoms with Crippen LogP contribution < -0.4 is 4.72 Å². The lowest BCUT2D eigenvalue weighted by Gasteiger charge is -2.09. The van der Waals surface area contributed by atoms with E-state index in [-0.39, 0.29) is 0 Å². The minimum Gasteiger partial charge on any atom is -0.210 e. The van der Waals surface area contributed by atoms with Crippen molar-refractivity contribution in [2.24, 2.45) is 5.92 Å². The molecule has 0 saturated heterocycles. The highest BCUT2D eigenvalue weighted by Gasteiger charge is 2.19. The van der Waals surface area contributed by atoms with Crippen LogP contribution in [0.1, 0.15) is 20.3 Å². The third-order valence-electron chi connectivity index (χ3n) is 2.15. The maximum atomic E-state index is 11.8. The molecule has 1 N–H and O–H groups in total. The Morgan fingerprint density at radius 1 is 1.60 bits per heavy atom. The molecule has 1 atom stereocenters. The highest BCUT2D eigenvalue weighted by molar-refractivity contribution is 9.10. The van der Waals surface area contributed by atoms with Gasteiger partial charge in [-0.05, 0) is 33.3 Å². The Kier molecular flexibility index (Phi) is 4.76. The second-order valence-corrected chi connectivity index (χ2v) is 7.15. The molecule has 15 heavy (non-hydrogen) atoms. The first-order chi connectivity index (χ1) is 6.97. The van der Waals surface area contributed by atoms with Crippen molar-refractivity contribution in [1.82, 2.24) is 4.72 Å². The molecular formula is C9H14BrNO2S2. The lowest BCUT2D eigenvalue weighted by molar-refractivity contribution is 0.529. The van der Waals surface area contributed by atoms with Crippen molar-refractivity contribution in [2.45, 2.75) is 24.5 Å². The molecular weight excluding hydrogens is 298 g/mol. The minimum absolute atomic E-state index is 0.353. The standard InChI is InChI=1S/C9H14BrNO2S2/c1-3-7(2)6-11-15(12,13)9-8(10)4-5-14-9/h4-5,7,11H,3,6H2,1-2H3. The van der Waals surface area contributed by atoms with Crippen LogP contribution in [0.15, 0.2) is 20.1 Å². The summed E-state index contributed by atoms with van der Waals surface area (Å²) in [5.74, 6) is 0.360. The van der Waals surface area contributed by atoms with Crippen LogP contribution in [0.4, 0.5) is 0 Å². The van der Waals surface area contributed by atoms with E-state index < -0.39 is 10.0 Å². The average molecular weight is 312 g/mol. The fourth-order valence-electron chi connectivity index (χ4n) is 0.933. The molecule has 0 fully saturated rings. The molecule has 0 aliphatic rings. The normalized spacial score (nSPS) is 14.1. The number of thiophene rings is 1. The molecule has 6 heteroatoms. The summed E-state index contributed by atoms with van der Waals surface area (Å²) in [6.45, 7) is 4.55. The average Bonchev–Trinajstić information content (AvgIpc) is 2.61. The van der Waals surface area contributed by atoms with Gasteiger partial charge in [0.1, 0.15) is 4.21 Å². The Morgan fingerprint density at radius 3 is 2.73 bits per heavy atom. The van der Waals surface area contributed by atoms with Crippen molar-refractivity contribution >= 4 is 37.3 Å². The largest absolute Gasteiger partial charge is 0.251 e. The van der Waals surface area contributed by atoms with Crippen molar-refractivity contribution < 1.29 is 8.42 Å². The van der Waals surface area contributed by atoms with E-state index in [9.17, 15) is 8.42 Å². The molecule has 1 aromatic rings. The molecule has 0 radical (unpaired) electrons. The molecule has 0 aliphatic carbocycles. The number of hydrogen-bond donors (Lipinski definition) is 1. The van der Waals surface area contributed by atoms with E-state index in [1.165, 1.54) is 11.3 Å². The van der Waals surface area contributed by atoms with E-state index in [1.807, 2.05) is 13.8 Å². The van der Waals surface area contributed by atoms with Crippen LogP contribution in [-0.4, -0.2) is 15.0 Å². The fourth-order valence-corrected chi connectivity index (χ4v) is 4.48. The Morgan fingerprint density at radius 2 is 2.27 bits per heavy atom. The van der Waals surface area contributed by atoms with E-state index in [1.54, 1.807) is 11.4 Å². The van der Waals surface area contributed by atoms with Crippen molar-refractivity contribution in [3.63, 3.8) is 0 Å². The molecule has 1 rings (SSSR count). The van der Waals surface area contributed by atoms with Crippen LogP contribution in [0, 0.1) is 5.92 Å². The maximum absolute atomic E-state index is 11.8. The lowest BCUT2D eigenvalue weighted by atomic mass is 10.1. The van der Waals surface area contributed by atoms with E-state index in [4.69, 9.17) is 0 Å². The van der Waals surface area contributed by atoms with Gasteiger partial charge in [-0.1, -0.05) is 20.3 Å². The van der Waals surface area contributed by atoms with E-state index in [0.29, 0.717) is 21.1 Å². The van der Waals surface area contributed by atoms with Gasteiger partial charge >= 0.3 is 0 Å². The van der Waals surface area contributed by atoms with Gasteiger partial charge in [-0.25, -0.2) is 13.1 Å².